The fourth-order valence-electron chi connectivity index (χ4n) is 2.11. The van der Waals surface area contributed by atoms with Gasteiger partial charge in [-0.2, -0.15) is 0 Å². The third-order valence-electron chi connectivity index (χ3n) is 3.01. The minimum Gasteiger partial charge on any atom is -0.383 e. The molecule has 0 aliphatic carbocycles. The number of anilines is 1. The zero-order valence-corrected chi connectivity index (χ0v) is 11.0. The first kappa shape index (κ1) is 11.9. The topological polar surface area (TPSA) is 64.7 Å². The minimum atomic E-state index is 0.419. The lowest BCUT2D eigenvalue weighted by atomic mass is 10.0. The summed E-state index contributed by atoms with van der Waals surface area (Å²) in [6.45, 7) is 1.99. The van der Waals surface area contributed by atoms with Gasteiger partial charge in [-0.05, 0) is 24.6 Å². The van der Waals surface area contributed by atoms with Crippen molar-refractivity contribution in [2.45, 2.75) is 6.92 Å². The summed E-state index contributed by atoms with van der Waals surface area (Å²) in [5.41, 5.74) is 9.38. The standard InChI is InChI=1S/C14H11ClN4/c1-8-3-2-4-11(15)12(8)10-5-9-6-17-7-18-14(9)19-13(10)16/h2-7H,1H3,(H2,16,17,18,19). The van der Waals surface area contributed by atoms with Crippen LogP contribution < -0.4 is 5.73 Å². The second-order valence-electron chi connectivity index (χ2n) is 4.29. The highest BCUT2D eigenvalue weighted by atomic mass is 35.5. The average molecular weight is 271 g/mol. The van der Waals surface area contributed by atoms with Gasteiger partial charge >= 0.3 is 0 Å². The van der Waals surface area contributed by atoms with E-state index in [-0.39, 0.29) is 0 Å². The maximum atomic E-state index is 6.27. The molecule has 0 bridgehead atoms. The molecule has 0 fully saturated rings. The smallest absolute Gasteiger partial charge is 0.164 e. The third-order valence-corrected chi connectivity index (χ3v) is 3.33. The molecule has 0 amide bonds. The molecular weight excluding hydrogens is 260 g/mol. The van der Waals surface area contributed by atoms with Crippen LogP contribution in [-0.2, 0) is 0 Å². The normalized spacial score (nSPS) is 10.8. The van der Waals surface area contributed by atoms with E-state index < -0.39 is 0 Å². The summed E-state index contributed by atoms with van der Waals surface area (Å²) in [5, 5.41) is 1.50. The lowest BCUT2D eigenvalue weighted by molar-refractivity contribution is 1.18. The lowest BCUT2D eigenvalue weighted by Gasteiger charge is -2.11. The molecule has 0 unspecified atom stereocenters. The second-order valence-corrected chi connectivity index (χ2v) is 4.70. The fraction of sp³-hybridized carbons (Fsp3) is 0.0714. The van der Waals surface area contributed by atoms with E-state index >= 15 is 0 Å². The molecule has 5 heteroatoms. The zero-order valence-electron chi connectivity index (χ0n) is 10.3. The van der Waals surface area contributed by atoms with E-state index in [0.29, 0.717) is 16.5 Å². The zero-order chi connectivity index (χ0) is 13.4. The van der Waals surface area contributed by atoms with Crippen molar-refractivity contribution in [2.75, 3.05) is 5.73 Å². The fourth-order valence-corrected chi connectivity index (χ4v) is 2.43. The molecule has 2 N–H and O–H groups in total. The van der Waals surface area contributed by atoms with Gasteiger partial charge in [0.05, 0.1) is 0 Å². The monoisotopic (exact) mass is 270 g/mol. The first-order valence-corrected chi connectivity index (χ1v) is 6.16. The van der Waals surface area contributed by atoms with Gasteiger partial charge in [0.1, 0.15) is 12.1 Å². The summed E-state index contributed by atoms with van der Waals surface area (Å²) in [6, 6.07) is 7.67. The van der Waals surface area contributed by atoms with Crippen molar-refractivity contribution < 1.29 is 0 Å². The number of rotatable bonds is 1. The Kier molecular flexibility index (Phi) is 2.80. The van der Waals surface area contributed by atoms with Gasteiger partial charge < -0.3 is 5.73 Å². The highest BCUT2D eigenvalue weighted by molar-refractivity contribution is 6.33. The summed E-state index contributed by atoms with van der Waals surface area (Å²) >= 11 is 6.27. The van der Waals surface area contributed by atoms with Crippen LogP contribution in [0, 0.1) is 6.92 Å². The Morgan fingerprint density at radius 3 is 2.89 bits per heavy atom. The molecule has 0 atom stereocenters. The van der Waals surface area contributed by atoms with Gasteiger partial charge in [0.25, 0.3) is 0 Å². The van der Waals surface area contributed by atoms with Crippen LogP contribution in [0.5, 0.6) is 0 Å². The van der Waals surface area contributed by atoms with E-state index in [1.807, 2.05) is 31.2 Å². The molecule has 0 radical (unpaired) electrons. The van der Waals surface area contributed by atoms with Crippen LogP contribution in [0.4, 0.5) is 5.82 Å². The number of aromatic nitrogens is 3. The first-order valence-electron chi connectivity index (χ1n) is 5.78. The van der Waals surface area contributed by atoms with Crippen molar-refractivity contribution in [3.8, 4) is 11.1 Å². The van der Waals surface area contributed by atoms with Crippen molar-refractivity contribution in [3.05, 3.63) is 47.4 Å². The molecule has 3 rings (SSSR count). The van der Waals surface area contributed by atoms with Gasteiger partial charge in [0.2, 0.25) is 0 Å². The van der Waals surface area contributed by atoms with Gasteiger partial charge in [-0.1, -0.05) is 23.7 Å². The molecule has 94 valence electrons. The molecule has 0 saturated heterocycles. The number of aryl methyl sites for hydroxylation is 1. The van der Waals surface area contributed by atoms with E-state index in [0.717, 1.165) is 22.1 Å². The summed E-state index contributed by atoms with van der Waals surface area (Å²) in [7, 11) is 0. The number of nitrogen functional groups attached to an aromatic ring is 1. The number of benzene rings is 1. The van der Waals surface area contributed by atoms with Crippen LogP contribution in [0.15, 0.2) is 36.8 Å². The molecule has 0 aliphatic rings. The van der Waals surface area contributed by atoms with Gasteiger partial charge in [-0.3, -0.25) is 0 Å². The molecular formula is C14H11ClN4. The highest BCUT2D eigenvalue weighted by Gasteiger charge is 2.12. The van der Waals surface area contributed by atoms with E-state index in [1.165, 1.54) is 6.33 Å². The van der Waals surface area contributed by atoms with Crippen molar-refractivity contribution in [3.63, 3.8) is 0 Å². The van der Waals surface area contributed by atoms with Crippen LogP contribution in [0.2, 0.25) is 5.02 Å². The maximum Gasteiger partial charge on any atom is 0.164 e. The molecule has 19 heavy (non-hydrogen) atoms. The third kappa shape index (κ3) is 2.00. The van der Waals surface area contributed by atoms with Crippen molar-refractivity contribution in [2.24, 2.45) is 0 Å². The molecule has 0 aliphatic heterocycles. The number of fused-ring (bicyclic) bond motifs is 1. The number of hydrogen-bond acceptors (Lipinski definition) is 4. The molecule has 1 aromatic carbocycles. The summed E-state index contributed by atoms with van der Waals surface area (Å²) in [4.78, 5) is 12.4. The number of nitrogens with two attached hydrogens (primary N) is 1. The van der Waals surface area contributed by atoms with E-state index in [9.17, 15) is 0 Å². The van der Waals surface area contributed by atoms with E-state index in [4.69, 9.17) is 17.3 Å². The first-order chi connectivity index (χ1) is 9.16. The summed E-state index contributed by atoms with van der Waals surface area (Å²) < 4.78 is 0. The van der Waals surface area contributed by atoms with Gasteiger partial charge in [-0.15, -0.1) is 0 Å². The Bertz CT molecular complexity index is 750. The van der Waals surface area contributed by atoms with Gasteiger partial charge in [0, 0.05) is 27.7 Å². The van der Waals surface area contributed by atoms with Crippen LogP contribution in [0.3, 0.4) is 0 Å². The van der Waals surface area contributed by atoms with Crippen molar-refractivity contribution >= 4 is 28.5 Å². The Morgan fingerprint density at radius 2 is 2.11 bits per heavy atom. The molecule has 3 aromatic rings. The van der Waals surface area contributed by atoms with Gasteiger partial charge in [0.15, 0.2) is 5.65 Å². The molecule has 0 saturated carbocycles. The quantitative estimate of drug-likeness (QED) is 0.737. The number of hydrogen-bond donors (Lipinski definition) is 1. The number of pyridine rings is 1. The molecule has 4 nitrogen and oxygen atoms in total. The number of halogens is 1. The Morgan fingerprint density at radius 1 is 1.26 bits per heavy atom. The SMILES string of the molecule is Cc1cccc(Cl)c1-c1cc2cncnc2nc1N. The van der Waals surface area contributed by atoms with Crippen LogP contribution in [-0.4, -0.2) is 15.0 Å². The van der Waals surface area contributed by atoms with Crippen molar-refractivity contribution in [1.29, 1.82) is 0 Å². The average Bonchev–Trinajstić information content (AvgIpc) is 2.39. The minimum absolute atomic E-state index is 0.419. The Labute approximate surface area is 115 Å². The summed E-state index contributed by atoms with van der Waals surface area (Å²) in [6.07, 6.45) is 3.17. The van der Waals surface area contributed by atoms with Crippen LogP contribution in [0.1, 0.15) is 5.56 Å². The Balaban J connectivity index is 2.33. The van der Waals surface area contributed by atoms with E-state index in [1.54, 1.807) is 6.20 Å². The molecule has 2 heterocycles. The van der Waals surface area contributed by atoms with Crippen LogP contribution >= 0.6 is 11.6 Å². The maximum absolute atomic E-state index is 6.27. The van der Waals surface area contributed by atoms with E-state index in [2.05, 4.69) is 15.0 Å². The van der Waals surface area contributed by atoms with Crippen LogP contribution in [0.25, 0.3) is 22.2 Å². The predicted molar refractivity (Wildman–Crippen MR) is 76.9 cm³/mol. The second kappa shape index (κ2) is 4.48. The molecule has 2 aromatic heterocycles. The number of nitrogens with zero attached hydrogens (tertiary/aromatic N) is 3. The highest BCUT2D eigenvalue weighted by Crippen LogP contribution is 2.35. The van der Waals surface area contributed by atoms with Crippen molar-refractivity contribution in [1.82, 2.24) is 15.0 Å². The lowest BCUT2D eigenvalue weighted by Crippen LogP contribution is -1.98. The summed E-state index contributed by atoms with van der Waals surface area (Å²) in [5.74, 6) is 0.419. The predicted octanol–water partition coefficient (Wildman–Crippen LogP) is 3.24. The largest absolute Gasteiger partial charge is 0.383 e. The molecule has 0 spiro atoms. The van der Waals surface area contributed by atoms with Gasteiger partial charge in [-0.25, -0.2) is 15.0 Å². The Hall–Kier alpha value is -2.20.